The Morgan fingerprint density at radius 2 is 2.50 bits per heavy atom. The first-order valence-corrected chi connectivity index (χ1v) is 3.48. The topological polar surface area (TPSA) is 63.3 Å². The van der Waals surface area contributed by atoms with Gasteiger partial charge in [0.15, 0.2) is 0 Å². The second kappa shape index (κ2) is 3.72. The van der Waals surface area contributed by atoms with Gasteiger partial charge in [-0.15, -0.1) is 6.58 Å². The minimum atomic E-state index is -2.21. The fourth-order valence-corrected chi connectivity index (χ4v) is 0.590. The van der Waals surface area contributed by atoms with Crippen molar-refractivity contribution in [2.75, 3.05) is 0 Å². The molecule has 0 aliphatic rings. The Kier molecular flexibility index (Phi) is 3.61. The largest absolute Gasteiger partial charge is 0.524 e. The number of hydrogen-bond acceptors (Lipinski definition) is 2. The highest BCUT2D eigenvalue weighted by atomic mass is 31.1. The highest BCUT2D eigenvalue weighted by Crippen LogP contribution is 2.19. The first kappa shape index (κ1) is 7.76. The van der Waals surface area contributed by atoms with Crippen LogP contribution in [0.1, 0.15) is 6.42 Å². The summed E-state index contributed by atoms with van der Waals surface area (Å²) in [5, 5.41) is 0. The van der Waals surface area contributed by atoms with Gasteiger partial charge in [0.1, 0.15) is 0 Å². The van der Waals surface area contributed by atoms with Crippen LogP contribution in [0, 0.1) is 0 Å². The predicted molar refractivity (Wildman–Crippen MR) is 32.6 cm³/mol. The van der Waals surface area contributed by atoms with Crippen molar-refractivity contribution in [3.8, 4) is 0 Å². The second-order valence-electron chi connectivity index (χ2n) is 1.39. The molecule has 0 saturated heterocycles. The first-order chi connectivity index (χ1) is 3.68. The molecule has 2 atom stereocenters. The van der Waals surface area contributed by atoms with E-state index in [1.54, 1.807) is 0 Å². The van der Waals surface area contributed by atoms with E-state index in [9.17, 15) is 4.57 Å². The van der Waals surface area contributed by atoms with Crippen LogP contribution in [-0.4, -0.2) is 10.7 Å². The second-order valence-corrected chi connectivity index (χ2v) is 2.66. The molecule has 46 valence electrons. The molecule has 4 heteroatoms. The number of rotatable bonds is 3. The molecule has 0 aromatic rings. The summed E-state index contributed by atoms with van der Waals surface area (Å²) in [6, 6.07) is 0. The van der Waals surface area contributed by atoms with E-state index < -0.39 is 13.8 Å². The Bertz CT molecular complexity index is 104. The summed E-state index contributed by atoms with van der Waals surface area (Å²) in [5.41, 5.74) is 5.12. The van der Waals surface area contributed by atoms with Crippen molar-refractivity contribution in [2.24, 2.45) is 5.73 Å². The van der Waals surface area contributed by atoms with E-state index in [1.165, 1.54) is 6.08 Å². The monoisotopic (exact) mass is 134 g/mol. The van der Waals surface area contributed by atoms with Crippen molar-refractivity contribution in [2.45, 2.75) is 12.2 Å². The van der Waals surface area contributed by atoms with Crippen molar-refractivity contribution in [1.29, 1.82) is 0 Å². The maximum absolute atomic E-state index is 10.1. The van der Waals surface area contributed by atoms with Crippen molar-refractivity contribution < 1.29 is 9.46 Å². The molecule has 2 unspecified atom stereocenters. The molecule has 0 amide bonds. The van der Waals surface area contributed by atoms with Gasteiger partial charge in [-0.3, -0.25) is 5.73 Å². The Hall–Kier alpha value is -0.240. The van der Waals surface area contributed by atoms with E-state index in [0.29, 0.717) is 6.42 Å². The highest BCUT2D eigenvalue weighted by molar-refractivity contribution is 7.38. The van der Waals surface area contributed by atoms with Gasteiger partial charge in [-0.1, -0.05) is 6.08 Å². The van der Waals surface area contributed by atoms with Crippen molar-refractivity contribution >= 4 is 8.03 Å². The van der Waals surface area contributed by atoms with Crippen LogP contribution < -0.4 is 5.73 Å². The van der Waals surface area contributed by atoms with E-state index in [4.69, 9.17) is 10.6 Å². The quantitative estimate of drug-likeness (QED) is 0.438. The lowest BCUT2D eigenvalue weighted by Crippen LogP contribution is -2.12. The van der Waals surface area contributed by atoms with E-state index >= 15 is 0 Å². The molecule has 0 radical (unpaired) electrons. The Morgan fingerprint density at radius 1 is 2.00 bits per heavy atom. The zero-order chi connectivity index (χ0) is 6.57. The van der Waals surface area contributed by atoms with Crippen molar-refractivity contribution in [3.05, 3.63) is 12.7 Å². The molecule has 3 nitrogen and oxygen atoms in total. The fraction of sp³-hybridized carbons (Fsp3) is 0.500. The maximum atomic E-state index is 10.1. The normalized spacial score (nSPS) is 15.0. The minimum absolute atomic E-state index is 0.395. The molecule has 0 aromatic heterocycles. The van der Waals surface area contributed by atoms with Crippen LogP contribution >= 0.6 is 8.03 Å². The van der Waals surface area contributed by atoms with E-state index in [1.807, 2.05) is 0 Å². The minimum Gasteiger partial charge on any atom is -0.285 e. The third-order valence-electron chi connectivity index (χ3n) is 0.692. The van der Waals surface area contributed by atoms with E-state index in [-0.39, 0.29) is 0 Å². The van der Waals surface area contributed by atoms with Crippen molar-refractivity contribution in [1.82, 2.24) is 0 Å². The molecule has 0 fully saturated rings. The number of hydrogen-bond donors (Lipinski definition) is 2. The van der Waals surface area contributed by atoms with Crippen LogP contribution in [0.4, 0.5) is 0 Å². The summed E-state index contributed by atoms with van der Waals surface area (Å²) in [6.45, 7) is 3.36. The van der Waals surface area contributed by atoms with Crippen LogP contribution in [0.15, 0.2) is 12.7 Å². The van der Waals surface area contributed by atoms with Gasteiger partial charge in [-0.25, -0.2) is 0 Å². The summed E-state index contributed by atoms with van der Waals surface area (Å²) >= 11 is 0. The summed E-state index contributed by atoms with van der Waals surface area (Å²) in [6.07, 6.45) is 1.92. The van der Waals surface area contributed by atoms with Crippen LogP contribution in [0.3, 0.4) is 0 Å². The molecule has 0 saturated carbocycles. The van der Waals surface area contributed by atoms with Crippen LogP contribution in [0.2, 0.25) is 0 Å². The van der Waals surface area contributed by atoms with Gasteiger partial charge in [0.05, 0.1) is 0 Å². The lowest BCUT2D eigenvalue weighted by Gasteiger charge is -1.86. The van der Waals surface area contributed by atoms with Crippen LogP contribution in [-0.2, 0) is 4.57 Å². The Morgan fingerprint density at radius 3 is 2.62 bits per heavy atom. The van der Waals surface area contributed by atoms with Crippen molar-refractivity contribution in [3.63, 3.8) is 0 Å². The standard InChI is InChI=1S/C4H8NO2P/c1-2-3-4(5)8(6)7/h2,4H,1,3,5H2/p+1. The van der Waals surface area contributed by atoms with E-state index in [2.05, 4.69) is 6.58 Å². The molecular formula is C4H9NO2P+. The Balaban J connectivity index is 3.46. The number of nitrogens with two attached hydrogens (primary N) is 1. The predicted octanol–water partition coefficient (Wildman–Crippen LogP) is 0.582. The van der Waals surface area contributed by atoms with Gasteiger partial charge in [0, 0.05) is 6.42 Å². The summed E-state index contributed by atoms with van der Waals surface area (Å²) in [4.78, 5) is 8.29. The molecule has 8 heavy (non-hydrogen) atoms. The lowest BCUT2D eigenvalue weighted by atomic mass is 10.4. The summed E-state index contributed by atoms with van der Waals surface area (Å²) in [7, 11) is -2.21. The molecule has 0 aromatic carbocycles. The lowest BCUT2D eigenvalue weighted by molar-refractivity contribution is 0.489. The van der Waals surface area contributed by atoms with Gasteiger partial charge in [-0.05, 0) is 4.57 Å². The van der Waals surface area contributed by atoms with Gasteiger partial charge in [0.2, 0.25) is 5.78 Å². The SMILES string of the molecule is C=CCC(N)[P+](=O)O. The molecule has 0 bridgehead atoms. The fourth-order valence-electron chi connectivity index (χ4n) is 0.261. The summed E-state index contributed by atoms with van der Waals surface area (Å²) < 4.78 is 10.1. The smallest absolute Gasteiger partial charge is 0.285 e. The molecule has 0 rings (SSSR count). The molecular weight excluding hydrogens is 125 g/mol. The van der Waals surface area contributed by atoms with Gasteiger partial charge in [0.25, 0.3) is 0 Å². The molecule has 0 aliphatic heterocycles. The zero-order valence-corrected chi connectivity index (χ0v) is 5.34. The molecule has 0 heterocycles. The van der Waals surface area contributed by atoms with Gasteiger partial charge < -0.3 is 0 Å². The maximum Gasteiger partial charge on any atom is 0.524 e. The third-order valence-corrected chi connectivity index (χ3v) is 1.47. The first-order valence-electron chi connectivity index (χ1n) is 2.20. The van der Waals surface area contributed by atoms with Gasteiger partial charge in [-0.2, -0.15) is 4.89 Å². The van der Waals surface area contributed by atoms with Crippen LogP contribution in [0.25, 0.3) is 0 Å². The average Bonchev–Trinajstić information content (AvgIpc) is 1.67. The molecule has 0 aliphatic carbocycles. The highest BCUT2D eigenvalue weighted by Gasteiger charge is 2.21. The third kappa shape index (κ3) is 2.86. The van der Waals surface area contributed by atoms with Gasteiger partial charge >= 0.3 is 8.03 Å². The zero-order valence-electron chi connectivity index (χ0n) is 4.45. The molecule has 3 N–H and O–H groups in total. The van der Waals surface area contributed by atoms with Crippen LogP contribution in [0.5, 0.6) is 0 Å². The molecule has 0 spiro atoms. The van der Waals surface area contributed by atoms with E-state index in [0.717, 1.165) is 0 Å². The summed E-state index contributed by atoms with van der Waals surface area (Å²) in [5.74, 6) is -0.637. The average molecular weight is 134 g/mol. The Labute approximate surface area is 49.1 Å².